The molecule has 2 aromatic rings. The third-order valence-corrected chi connectivity index (χ3v) is 3.39. The van der Waals surface area contributed by atoms with Crippen LogP contribution >= 0.6 is 0 Å². The monoisotopic (exact) mass is 346 g/mol. The number of rotatable bonds is 7. The van der Waals surface area contributed by atoms with Crippen molar-refractivity contribution in [1.82, 2.24) is 5.32 Å². The standard InChI is InChI=1S/C18H19FN2O4/c1-24-15-8-3-12(9-16(15)25-2)11-20-17(22)10-18(23)21-14-6-4-13(19)5-7-14/h3-9H,10-11H2,1-2H3,(H,20,22)(H,21,23). The van der Waals surface area contributed by atoms with Crippen LogP contribution in [-0.2, 0) is 16.1 Å². The second-order valence-electron chi connectivity index (χ2n) is 5.20. The molecule has 2 rings (SSSR count). The summed E-state index contributed by atoms with van der Waals surface area (Å²) in [5.74, 6) is -0.143. The molecule has 0 heterocycles. The molecule has 0 fully saturated rings. The van der Waals surface area contributed by atoms with E-state index in [2.05, 4.69) is 10.6 Å². The maximum atomic E-state index is 12.8. The van der Waals surface area contributed by atoms with E-state index in [1.165, 1.54) is 31.4 Å². The van der Waals surface area contributed by atoms with Gasteiger partial charge in [-0.2, -0.15) is 0 Å². The number of hydrogen-bond donors (Lipinski definition) is 2. The molecular formula is C18H19FN2O4. The molecule has 0 atom stereocenters. The number of hydrogen-bond acceptors (Lipinski definition) is 4. The van der Waals surface area contributed by atoms with Crippen molar-refractivity contribution in [2.24, 2.45) is 0 Å². The van der Waals surface area contributed by atoms with E-state index < -0.39 is 17.6 Å². The fourth-order valence-electron chi connectivity index (χ4n) is 2.14. The van der Waals surface area contributed by atoms with Crippen LogP contribution in [0.2, 0.25) is 0 Å². The first-order chi connectivity index (χ1) is 12.0. The fraction of sp³-hybridized carbons (Fsp3) is 0.222. The van der Waals surface area contributed by atoms with Gasteiger partial charge in [0, 0.05) is 12.2 Å². The lowest BCUT2D eigenvalue weighted by Crippen LogP contribution is -2.27. The molecule has 0 aliphatic rings. The van der Waals surface area contributed by atoms with Gasteiger partial charge in [-0.3, -0.25) is 9.59 Å². The summed E-state index contributed by atoms with van der Waals surface area (Å²) >= 11 is 0. The van der Waals surface area contributed by atoms with Gasteiger partial charge in [0.05, 0.1) is 14.2 Å². The number of carbonyl (C=O) groups excluding carboxylic acids is 2. The molecule has 0 unspecified atom stereocenters. The summed E-state index contributed by atoms with van der Waals surface area (Å²) in [4.78, 5) is 23.7. The smallest absolute Gasteiger partial charge is 0.233 e. The SMILES string of the molecule is COc1ccc(CNC(=O)CC(=O)Nc2ccc(F)cc2)cc1OC. The first kappa shape index (κ1) is 18.3. The minimum absolute atomic E-state index is 0.253. The number of halogens is 1. The molecule has 0 aromatic heterocycles. The van der Waals surface area contributed by atoms with Gasteiger partial charge in [0.15, 0.2) is 11.5 Å². The lowest BCUT2D eigenvalue weighted by atomic mass is 10.2. The van der Waals surface area contributed by atoms with Crippen molar-refractivity contribution in [1.29, 1.82) is 0 Å². The number of ether oxygens (including phenoxy) is 2. The average Bonchev–Trinajstić information content (AvgIpc) is 2.61. The van der Waals surface area contributed by atoms with Crippen LogP contribution in [0.3, 0.4) is 0 Å². The second-order valence-corrected chi connectivity index (χ2v) is 5.20. The first-order valence-electron chi connectivity index (χ1n) is 7.55. The van der Waals surface area contributed by atoms with E-state index in [0.717, 1.165) is 5.56 Å². The second kappa shape index (κ2) is 8.68. The Hall–Kier alpha value is -3.09. The maximum Gasteiger partial charge on any atom is 0.233 e. The van der Waals surface area contributed by atoms with E-state index in [0.29, 0.717) is 17.2 Å². The Balaban J connectivity index is 1.83. The van der Waals surface area contributed by atoms with Gasteiger partial charge < -0.3 is 20.1 Å². The molecule has 7 heteroatoms. The molecule has 0 saturated heterocycles. The van der Waals surface area contributed by atoms with Crippen LogP contribution < -0.4 is 20.1 Å². The van der Waals surface area contributed by atoms with Crippen molar-refractivity contribution >= 4 is 17.5 Å². The van der Waals surface area contributed by atoms with Crippen molar-refractivity contribution in [3.05, 3.63) is 53.8 Å². The molecule has 2 amide bonds. The van der Waals surface area contributed by atoms with Gasteiger partial charge in [-0.05, 0) is 42.0 Å². The lowest BCUT2D eigenvalue weighted by molar-refractivity contribution is -0.126. The van der Waals surface area contributed by atoms with Crippen molar-refractivity contribution in [3.8, 4) is 11.5 Å². The van der Waals surface area contributed by atoms with E-state index in [-0.39, 0.29) is 13.0 Å². The molecular weight excluding hydrogens is 327 g/mol. The highest BCUT2D eigenvalue weighted by molar-refractivity contribution is 6.03. The summed E-state index contributed by atoms with van der Waals surface area (Å²) < 4.78 is 23.1. The highest BCUT2D eigenvalue weighted by atomic mass is 19.1. The van der Waals surface area contributed by atoms with Gasteiger partial charge in [-0.25, -0.2) is 4.39 Å². The molecule has 0 bridgehead atoms. The number of anilines is 1. The van der Waals surface area contributed by atoms with Crippen molar-refractivity contribution in [3.63, 3.8) is 0 Å². The normalized spacial score (nSPS) is 10.0. The average molecular weight is 346 g/mol. The Labute approximate surface area is 144 Å². The van der Waals surface area contributed by atoms with Crippen LogP contribution in [0.5, 0.6) is 11.5 Å². The number of carbonyl (C=O) groups is 2. The van der Waals surface area contributed by atoms with E-state index in [4.69, 9.17) is 9.47 Å². The summed E-state index contributed by atoms with van der Waals surface area (Å²) in [6.07, 6.45) is -0.329. The van der Waals surface area contributed by atoms with E-state index >= 15 is 0 Å². The molecule has 25 heavy (non-hydrogen) atoms. The van der Waals surface area contributed by atoms with Gasteiger partial charge >= 0.3 is 0 Å². The third kappa shape index (κ3) is 5.49. The highest BCUT2D eigenvalue weighted by Crippen LogP contribution is 2.27. The van der Waals surface area contributed by atoms with Crippen molar-refractivity contribution in [2.75, 3.05) is 19.5 Å². The van der Waals surface area contributed by atoms with E-state index in [1.807, 2.05) is 0 Å². The quantitative estimate of drug-likeness (QED) is 0.755. The number of amides is 2. The number of methoxy groups -OCH3 is 2. The van der Waals surface area contributed by atoms with Gasteiger partial charge in [-0.1, -0.05) is 6.07 Å². The Morgan fingerprint density at radius 1 is 0.960 bits per heavy atom. The molecule has 0 spiro atoms. The van der Waals surface area contributed by atoms with Gasteiger partial charge in [-0.15, -0.1) is 0 Å². The molecule has 6 nitrogen and oxygen atoms in total. The van der Waals surface area contributed by atoms with Gasteiger partial charge in [0.25, 0.3) is 0 Å². The third-order valence-electron chi connectivity index (χ3n) is 3.39. The number of benzene rings is 2. The van der Waals surface area contributed by atoms with Gasteiger partial charge in [0.2, 0.25) is 11.8 Å². The number of nitrogens with one attached hydrogen (secondary N) is 2. The Kier molecular flexibility index (Phi) is 6.33. The molecule has 0 aliphatic heterocycles. The Bertz CT molecular complexity index is 747. The van der Waals surface area contributed by atoms with Crippen molar-refractivity contribution in [2.45, 2.75) is 13.0 Å². The van der Waals surface area contributed by atoms with Crippen LogP contribution in [0, 0.1) is 5.82 Å². The topological polar surface area (TPSA) is 76.7 Å². The van der Waals surface area contributed by atoms with Crippen LogP contribution in [0.1, 0.15) is 12.0 Å². The van der Waals surface area contributed by atoms with Crippen molar-refractivity contribution < 1.29 is 23.5 Å². The largest absolute Gasteiger partial charge is 0.493 e. The summed E-state index contributed by atoms with van der Waals surface area (Å²) in [5.41, 5.74) is 1.24. The lowest BCUT2D eigenvalue weighted by Gasteiger charge is -2.10. The maximum absolute atomic E-state index is 12.8. The zero-order valence-electron chi connectivity index (χ0n) is 14.0. The summed E-state index contributed by atoms with van der Waals surface area (Å²) in [6, 6.07) is 10.6. The van der Waals surface area contributed by atoms with Crippen LogP contribution in [-0.4, -0.2) is 26.0 Å². The molecule has 0 aliphatic carbocycles. The van der Waals surface area contributed by atoms with E-state index in [1.54, 1.807) is 25.3 Å². The predicted octanol–water partition coefficient (Wildman–Crippen LogP) is 2.49. The van der Waals surface area contributed by atoms with Crippen LogP contribution in [0.25, 0.3) is 0 Å². The summed E-state index contributed by atoms with van der Waals surface area (Å²) in [7, 11) is 3.07. The molecule has 2 N–H and O–H groups in total. The first-order valence-corrected chi connectivity index (χ1v) is 7.55. The predicted molar refractivity (Wildman–Crippen MR) is 91.0 cm³/mol. The summed E-state index contributed by atoms with van der Waals surface area (Å²) in [6.45, 7) is 0.253. The minimum Gasteiger partial charge on any atom is -0.493 e. The minimum atomic E-state index is -0.476. The zero-order valence-corrected chi connectivity index (χ0v) is 14.0. The highest BCUT2D eigenvalue weighted by Gasteiger charge is 2.10. The molecule has 132 valence electrons. The van der Waals surface area contributed by atoms with Crippen LogP contribution in [0.15, 0.2) is 42.5 Å². The molecule has 0 saturated carbocycles. The molecule has 2 aromatic carbocycles. The fourth-order valence-corrected chi connectivity index (χ4v) is 2.14. The van der Waals surface area contributed by atoms with Crippen LogP contribution in [0.4, 0.5) is 10.1 Å². The van der Waals surface area contributed by atoms with E-state index in [9.17, 15) is 14.0 Å². The molecule has 0 radical (unpaired) electrons. The Morgan fingerprint density at radius 2 is 1.64 bits per heavy atom. The zero-order chi connectivity index (χ0) is 18.2. The Morgan fingerprint density at radius 3 is 2.28 bits per heavy atom. The summed E-state index contributed by atoms with van der Waals surface area (Å²) in [5, 5.41) is 5.19. The van der Waals surface area contributed by atoms with Gasteiger partial charge in [0.1, 0.15) is 12.2 Å².